The van der Waals surface area contributed by atoms with Crippen molar-refractivity contribution < 1.29 is 19.4 Å². The Kier molecular flexibility index (Phi) is 7.29. The average molecular weight is 593 g/mol. The fourth-order valence-corrected chi connectivity index (χ4v) is 6.32. The summed E-state index contributed by atoms with van der Waals surface area (Å²) in [5.74, 6) is -1.48. The molecule has 4 heterocycles. The standard InChI is InChI=1S/C29H22Cl2N4O4S/c30-19-6-7-21(22(31)14-19)28(36)35(20-8-12-39-13-9-20)24-16-25(40-27(24)29(37)38)18-4-2-17(3-5-18)23-15-26-32-10-1-11-34(26)33-23/h1-7,10-11,14-16,20H,8-9,12-13H2,(H,37,38). The third-order valence-corrected chi connectivity index (χ3v) is 8.51. The zero-order valence-electron chi connectivity index (χ0n) is 21.0. The van der Waals surface area contributed by atoms with Crippen LogP contribution in [0.1, 0.15) is 32.9 Å². The monoisotopic (exact) mass is 592 g/mol. The molecule has 6 rings (SSSR count). The number of anilines is 1. The van der Waals surface area contributed by atoms with Crippen molar-refractivity contribution in [2.45, 2.75) is 18.9 Å². The number of benzene rings is 2. The van der Waals surface area contributed by atoms with Crippen molar-refractivity contribution in [3.05, 3.63) is 93.5 Å². The van der Waals surface area contributed by atoms with Crippen LogP contribution in [0, 0.1) is 0 Å². The Balaban J connectivity index is 1.39. The lowest BCUT2D eigenvalue weighted by Crippen LogP contribution is -2.44. The van der Waals surface area contributed by atoms with Gasteiger partial charge in [-0.2, -0.15) is 5.10 Å². The molecule has 3 aromatic heterocycles. The van der Waals surface area contributed by atoms with Gasteiger partial charge in [-0.3, -0.25) is 4.79 Å². The number of rotatable bonds is 6. The zero-order valence-corrected chi connectivity index (χ0v) is 23.3. The second-order valence-corrected chi connectivity index (χ2v) is 11.2. The number of fused-ring (bicyclic) bond motifs is 1. The van der Waals surface area contributed by atoms with Gasteiger partial charge in [0.15, 0.2) is 5.65 Å². The number of carboxylic acids is 1. The number of hydrogen-bond donors (Lipinski definition) is 1. The van der Waals surface area contributed by atoms with E-state index in [1.54, 1.807) is 33.8 Å². The van der Waals surface area contributed by atoms with Crippen LogP contribution < -0.4 is 4.90 Å². The molecule has 0 bridgehead atoms. The molecule has 1 aliphatic rings. The van der Waals surface area contributed by atoms with Crippen molar-refractivity contribution in [1.29, 1.82) is 0 Å². The van der Waals surface area contributed by atoms with Gasteiger partial charge in [0.05, 0.1) is 22.0 Å². The van der Waals surface area contributed by atoms with Crippen molar-refractivity contribution in [2.75, 3.05) is 18.1 Å². The molecule has 1 aliphatic heterocycles. The van der Waals surface area contributed by atoms with Gasteiger partial charge in [-0.05, 0) is 48.7 Å². The van der Waals surface area contributed by atoms with E-state index in [0.29, 0.717) is 36.8 Å². The molecule has 1 fully saturated rings. The van der Waals surface area contributed by atoms with Crippen LogP contribution in [0.2, 0.25) is 10.0 Å². The summed E-state index contributed by atoms with van der Waals surface area (Å²) in [6.07, 6.45) is 4.70. The summed E-state index contributed by atoms with van der Waals surface area (Å²) >= 11 is 13.6. The molecule has 0 radical (unpaired) electrons. The SMILES string of the molecule is O=C(O)c1sc(-c2ccc(-c3cc4ncccn4n3)cc2)cc1N(C(=O)c1ccc(Cl)cc1Cl)C1CCOCC1. The molecule has 5 aromatic rings. The highest BCUT2D eigenvalue weighted by Crippen LogP contribution is 2.40. The van der Waals surface area contributed by atoms with E-state index in [1.807, 2.05) is 42.6 Å². The molecular formula is C29H22Cl2N4O4S. The first-order valence-corrected chi connectivity index (χ1v) is 14.1. The third-order valence-electron chi connectivity index (χ3n) is 6.80. The minimum Gasteiger partial charge on any atom is -0.477 e. The number of hydrogen-bond acceptors (Lipinski definition) is 6. The van der Waals surface area contributed by atoms with Crippen LogP contribution in [-0.4, -0.2) is 50.8 Å². The van der Waals surface area contributed by atoms with Gasteiger partial charge < -0.3 is 14.7 Å². The molecule has 1 saturated heterocycles. The normalized spacial score (nSPS) is 13.9. The van der Waals surface area contributed by atoms with Gasteiger partial charge >= 0.3 is 5.97 Å². The van der Waals surface area contributed by atoms with E-state index in [0.717, 1.165) is 38.7 Å². The van der Waals surface area contributed by atoms with E-state index in [-0.39, 0.29) is 27.4 Å². The Morgan fingerprint density at radius 1 is 1.02 bits per heavy atom. The van der Waals surface area contributed by atoms with E-state index in [4.69, 9.17) is 27.9 Å². The number of aromatic nitrogens is 3. The molecule has 0 saturated carbocycles. The summed E-state index contributed by atoms with van der Waals surface area (Å²) in [5, 5.41) is 15.4. The first-order valence-electron chi connectivity index (χ1n) is 12.5. The average Bonchev–Trinajstić information content (AvgIpc) is 3.59. The predicted octanol–water partition coefficient (Wildman–Crippen LogP) is 6.96. The van der Waals surface area contributed by atoms with Crippen LogP contribution >= 0.6 is 34.5 Å². The number of thiophene rings is 1. The zero-order chi connectivity index (χ0) is 27.8. The van der Waals surface area contributed by atoms with E-state index < -0.39 is 5.97 Å². The third kappa shape index (κ3) is 5.09. The lowest BCUT2D eigenvalue weighted by molar-refractivity contribution is 0.0701. The molecule has 0 aliphatic carbocycles. The molecule has 1 amide bonds. The van der Waals surface area contributed by atoms with E-state index in [1.165, 1.54) is 6.07 Å². The lowest BCUT2D eigenvalue weighted by Gasteiger charge is -2.34. The van der Waals surface area contributed by atoms with Crippen LogP contribution in [0.3, 0.4) is 0 Å². The maximum Gasteiger partial charge on any atom is 0.348 e. The number of carbonyl (C=O) groups excluding carboxylic acids is 1. The topological polar surface area (TPSA) is 97.0 Å². The predicted molar refractivity (Wildman–Crippen MR) is 156 cm³/mol. The number of nitrogens with zero attached hydrogens (tertiary/aromatic N) is 4. The van der Waals surface area contributed by atoms with Crippen molar-refractivity contribution >= 4 is 57.7 Å². The summed E-state index contributed by atoms with van der Waals surface area (Å²) in [6.45, 7) is 0.949. The maximum absolute atomic E-state index is 13.9. The molecule has 40 heavy (non-hydrogen) atoms. The quantitative estimate of drug-likeness (QED) is 0.229. The number of carboxylic acid groups (broad SMARTS) is 1. The lowest BCUT2D eigenvalue weighted by atomic mass is 10.0. The van der Waals surface area contributed by atoms with Crippen molar-refractivity contribution in [3.63, 3.8) is 0 Å². The Hall–Kier alpha value is -3.76. The summed E-state index contributed by atoms with van der Waals surface area (Å²) < 4.78 is 7.24. The van der Waals surface area contributed by atoms with Crippen LogP contribution in [0.15, 0.2) is 73.1 Å². The molecule has 0 spiro atoms. The number of ether oxygens (including phenoxy) is 1. The number of amides is 1. The van der Waals surface area contributed by atoms with Crippen molar-refractivity contribution in [3.8, 4) is 21.7 Å². The van der Waals surface area contributed by atoms with Crippen LogP contribution in [0.25, 0.3) is 27.3 Å². The summed E-state index contributed by atoms with van der Waals surface area (Å²) in [6, 6.07) is 17.6. The minimum atomic E-state index is -1.10. The molecule has 8 nitrogen and oxygen atoms in total. The first-order chi connectivity index (χ1) is 19.4. The Morgan fingerprint density at radius 2 is 1.77 bits per heavy atom. The van der Waals surface area contributed by atoms with Gasteiger partial charge in [-0.1, -0.05) is 47.5 Å². The first kappa shape index (κ1) is 26.5. The number of carbonyl (C=O) groups is 2. The van der Waals surface area contributed by atoms with Crippen molar-refractivity contribution in [1.82, 2.24) is 14.6 Å². The van der Waals surface area contributed by atoms with Crippen LogP contribution in [-0.2, 0) is 4.74 Å². The van der Waals surface area contributed by atoms with Gasteiger partial charge in [-0.15, -0.1) is 11.3 Å². The molecule has 0 unspecified atom stereocenters. The maximum atomic E-state index is 13.9. The van der Waals surface area contributed by atoms with E-state index in [9.17, 15) is 14.7 Å². The summed E-state index contributed by atoms with van der Waals surface area (Å²) in [5.41, 5.74) is 3.85. The van der Waals surface area contributed by atoms with E-state index >= 15 is 0 Å². The molecular weight excluding hydrogens is 571 g/mol. The Bertz CT molecular complexity index is 1690. The highest BCUT2D eigenvalue weighted by molar-refractivity contribution is 7.18. The largest absolute Gasteiger partial charge is 0.477 e. The van der Waals surface area contributed by atoms with Crippen molar-refractivity contribution in [2.24, 2.45) is 0 Å². The Morgan fingerprint density at radius 3 is 2.48 bits per heavy atom. The molecule has 0 atom stereocenters. The fraction of sp³-hybridized carbons (Fsp3) is 0.172. The summed E-state index contributed by atoms with van der Waals surface area (Å²) in [7, 11) is 0. The van der Waals surface area contributed by atoms with E-state index in [2.05, 4.69) is 10.1 Å². The highest BCUT2D eigenvalue weighted by Gasteiger charge is 2.33. The second kappa shape index (κ2) is 11.0. The molecule has 202 valence electrons. The van der Waals surface area contributed by atoms with Gasteiger partial charge in [0, 0.05) is 53.2 Å². The Labute approximate surface area is 243 Å². The summed E-state index contributed by atoms with van der Waals surface area (Å²) in [4.78, 5) is 33.1. The molecule has 1 N–H and O–H groups in total. The molecule has 2 aromatic carbocycles. The van der Waals surface area contributed by atoms with Gasteiger partial charge in [-0.25, -0.2) is 14.3 Å². The number of halogens is 2. The van der Waals surface area contributed by atoms with Gasteiger partial charge in [0.25, 0.3) is 5.91 Å². The second-order valence-electron chi connectivity index (χ2n) is 9.30. The van der Waals surface area contributed by atoms with Crippen LogP contribution in [0.4, 0.5) is 5.69 Å². The van der Waals surface area contributed by atoms with Crippen LogP contribution in [0.5, 0.6) is 0 Å². The van der Waals surface area contributed by atoms with Gasteiger partial charge in [0.1, 0.15) is 4.88 Å². The molecule has 11 heteroatoms. The van der Waals surface area contributed by atoms with Gasteiger partial charge in [0.2, 0.25) is 0 Å². The fourth-order valence-electron chi connectivity index (χ4n) is 4.84. The minimum absolute atomic E-state index is 0.0791. The highest BCUT2D eigenvalue weighted by atomic mass is 35.5. The smallest absolute Gasteiger partial charge is 0.348 e. The number of aromatic carboxylic acids is 1.